The highest BCUT2D eigenvalue weighted by Gasteiger charge is 2.65. The number of ether oxygens (including phenoxy) is 2. The molecule has 2 saturated carbocycles. The first-order chi connectivity index (χ1) is 37.4. The summed E-state index contributed by atoms with van der Waals surface area (Å²) in [6, 6.07) is 8.03. The number of aromatic hydroxyl groups is 2. The molecule has 2 bridgehead atoms. The molecule has 79 heavy (non-hydrogen) atoms. The van der Waals surface area contributed by atoms with E-state index in [1.54, 1.807) is 67.4 Å². The number of amides is 7. The Morgan fingerprint density at radius 2 is 1.14 bits per heavy atom. The van der Waals surface area contributed by atoms with E-state index in [2.05, 4.69) is 31.2 Å². The van der Waals surface area contributed by atoms with Crippen molar-refractivity contribution in [1.82, 2.24) is 50.8 Å². The predicted octanol–water partition coefficient (Wildman–Crippen LogP) is 1.63. The summed E-state index contributed by atoms with van der Waals surface area (Å²) >= 11 is 2.61. The molecule has 0 radical (unpaired) electrons. The number of carbonyl (C=O) groups excluding carboxylic acids is 9. The van der Waals surface area contributed by atoms with Crippen molar-refractivity contribution in [3.05, 3.63) is 72.1 Å². The van der Waals surface area contributed by atoms with E-state index in [0.29, 0.717) is 34.0 Å². The van der Waals surface area contributed by atoms with Crippen LogP contribution in [0.15, 0.2) is 60.7 Å². The van der Waals surface area contributed by atoms with Crippen LogP contribution in [-0.4, -0.2) is 204 Å². The number of fused-ring (bicyclic) bond motifs is 6. The Balaban J connectivity index is 1.17. The molecule has 23 nitrogen and oxygen atoms in total. The number of thioether (sulfide) groups is 2. The van der Waals surface area contributed by atoms with Gasteiger partial charge in [-0.05, 0) is 75.6 Å². The Morgan fingerprint density at radius 3 is 1.59 bits per heavy atom. The van der Waals surface area contributed by atoms with Gasteiger partial charge in [-0.25, -0.2) is 14.8 Å². The van der Waals surface area contributed by atoms with Crippen LogP contribution in [0.4, 0.5) is 0 Å². The van der Waals surface area contributed by atoms with Crippen LogP contribution in [0.1, 0.15) is 68.4 Å². The van der Waals surface area contributed by atoms with Crippen LogP contribution in [-0.2, 0) is 43.0 Å². The molecule has 4 fully saturated rings. The van der Waals surface area contributed by atoms with Crippen LogP contribution < -0.4 is 21.3 Å². The summed E-state index contributed by atoms with van der Waals surface area (Å²) in [5.74, 6) is -8.81. The second kappa shape index (κ2) is 23.2. The standard InChI is InChI=1S/C54H66N10O13S2/c1-10-78-50-42-49(73)64(9)54(22-28(54)3)52(75)77-25-37(60-46(70)41-39(66)20-32-16-12-14-18-35(32)58-41)43(67)55-29(4)47(71)62(7)33(26-79-50)23-61(6)53(21-27(53)2)51(74)76-24-36(44(68)56-30(5)48(72)63(42)8)59-45(69)40-38(65)19-31-15-11-13-17-34(31)57-40/h11-20,27-30,33,36-37,42,50,65-66H,10,21-26H2,1-9H3,(H,55,67)(H,56,68)(H,59,69)(H,60,70). The van der Waals surface area contributed by atoms with E-state index in [4.69, 9.17) is 9.47 Å². The predicted molar refractivity (Wildman–Crippen MR) is 292 cm³/mol. The average molecular weight is 1130 g/mol. The van der Waals surface area contributed by atoms with Gasteiger partial charge in [-0.2, -0.15) is 0 Å². The van der Waals surface area contributed by atoms with Gasteiger partial charge in [0.25, 0.3) is 11.8 Å². The Labute approximate surface area is 464 Å². The molecule has 4 aromatic rings. The third-order valence-electron chi connectivity index (χ3n) is 15.6. The zero-order chi connectivity index (χ0) is 57.4. The van der Waals surface area contributed by atoms with Gasteiger partial charge in [-0.15, -0.1) is 23.5 Å². The van der Waals surface area contributed by atoms with Crippen molar-refractivity contribution in [3.63, 3.8) is 0 Å². The fraction of sp³-hybridized carbons (Fsp3) is 0.500. The van der Waals surface area contributed by atoms with E-state index in [1.165, 1.54) is 85.3 Å². The first-order valence-corrected chi connectivity index (χ1v) is 28.0. The molecule has 2 aliphatic heterocycles. The van der Waals surface area contributed by atoms with Crippen LogP contribution in [0.5, 0.6) is 11.5 Å². The van der Waals surface area contributed by atoms with Gasteiger partial charge >= 0.3 is 11.9 Å². The highest BCUT2D eigenvalue weighted by atomic mass is 32.2. The molecule has 25 heteroatoms. The fourth-order valence-electron chi connectivity index (χ4n) is 10.5. The average Bonchev–Trinajstić information content (AvgIpc) is 4.50. The van der Waals surface area contributed by atoms with Gasteiger partial charge in [0.2, 0.25) is 29.5 Å². The molecular weight excluding hydrogens is 1060 g/mol. The van der Waals surface area contributed by atoms with Crippen LogP contribution in [0.2, 0.25) is 0 Å². The maximum absolute atomic E-state index is 15.5. The number of hydrogen-bond donors (Lipinski definition) is 6. The third-order valence-corrected chi connectivity index (χ3v) is 18.5. The summed E-state index contributed by atoms with van der Waals surface area (Å²) < 4.78 is 11.0. The maximum atomic E-state index is 15.5. The molecule has 8 rings (SSSR count). The minimum absolute atomic E-state index is 0.0145. The molecule has 7 amide bonds. The summed E-state index contributed by atoms with van der Waals surface area (Å²) in [7, 11) is 6.02. The topological polar surface area (TPSA) is 299 Å². The molecule has 422 valence electrons. The normalized spacial score (nSPS) is 30.0. The number of esters is 2. The van der Waals surface area contributed by atoms with Crippen molar-refractivity contribution in [2.24, 2.45) is 11.8 Å². The van der Waals surface area contributed by atoms with E-state index in [1.807, 2.05) is 13.8 Å². The summed E-state index contributed by atoms with van der Waals surface area (Å²) in [6.07, 6.45) is 0.422. The zero-order valence-electron chi connectivity index (χ0n) is 45.3. The van der Waals surface area contributed by atoms with Crippen molar-refractivity contribution < 1.29 is 62.8 Å². The van der Waals surface area contributed by atoms with Crippen molar-refractivity contribution in [2.75, 3.05) is 59.5 Å². The lowest BCUT2D eigenvalue weighted by Gasteiger charge is -2.40. The summed E-state index contributed by atoms with van der Waals surface area (Å²) in [6.45, 7) is 6.75. The first kappa shape index (κ1) is 57.9. The number of para-hydroxylation sites is 2. The number of benzene rings is 2. The lowest BCUT2D eigenvalue weighted by atomic mass is 10.1. The van der Waals surface area contributed by atoms with Crippen molar-refractivity contribution in [3.8, 4) is 11.5 Å². The molecular formula is C54H66N10O13S2. The van der Waals surface area contributed by atoms with E-state index < -0.39 is 147 Å². The molecule has 2 aromatic heterocycles. The molecule has 2 aromatic carbocycles. The highest BCUT2D eigenvalue weighted by molar-refractivity contribution is 8.17. The van der Waals surface area contributed by atoms with E-state index in [9.17, 15) is 48.6 Å². The number of rotatable bonds is 6. The van der Waals surface area contributed by atoms with Gasteiger partial charge in [0, 0.05) is 44.2 Å². The Morgan fingerprint density at radius 1 is 0.696 bits per heavy atom. The molecule has 2 spiro atoms. The Hall–Kier alpha value is -7.25. The van der Waals surface area contributed by atoms with Crippen LogP contribution in [0.3, 0.4) is 0 Å². The van der Waals surface area contributed by atoms with Crippen molar-refractivity contribution >= 4 is 98.6 Å². The van der Waals surface area contributed by atoms with Gasteiger partial charge in [0.05, 0.1) is 21.7 Å². The lowest BCUT2D eigenvalue weighted by molar-refractivity contribution is -0.160. The number of nitrogens with one attached hydrogen (secondary N) is 4. The molecule has 2 saturated heterocycles. The molecule has 4 aliphatic rings. The Bertz CT molecular complexity index is 3120. The van der Waals surface area contributed by atoms with Crippen LogP contribution in [0.25, 0.3) is 21.8 Å². The van der Waals surface area contributed by atoms with Crippen molar-refractivity contribution in [2.45, 2.75) is 99.4 Å². The van der Waals surface area contributed by atoms with Crippen LogP contribution in [0, 0.1) is 11.8 Å². The number of likely N-dealkylation sites (N-methyl/N-ethyl adjacent to an activating group) is 4. The Kier molecular flexibility index (Phi) is 17.0. The van der Waals surface area contributed by atoms with E-state index in [0.717, 1.165) is 0 Å². The monoisotopic (exact) mass is 1130 g/mol. The number of carbonyl (C=O) groups is 9. The summed E-state index contributed by atoms with van der Waals surface area (Å²) in [5.41, 5.74) is -3.01. The second-order valence-electron chi connectivity index (χ2n) is 20.8. The van der Waals surface area contributed by atoms with E-state index >= 15 is 4.79 Å². The lowest BCUT2D eigenvalue weighted by Crippen LogP contribution is -2.61. The largest absolute Gasteiger partial charge is 0.505 e. The van der Waals surface area contributed by atoms with Gasteiger partial charge in [-0.3, -0.25) is 43.3 Å². The van der Waals surface area contributed by atoms with Crippen LogP contribution >= 0.6 is 23.5 Å². The van der Waals surface area contributed by atoms with Gasteiger partial charge in [0.15, 0.2) is 11.4 Å². The minimum Gasteiger partial charge on any atom is -0.505 e. The smallest absolute Gasteiger partial charge is 0.332 e. The quantitative estimate of drug-likeness (QED) is 0.150. The van der Waals surface area contributed by atoms with Gasteiger partial charge in [0.1, 0.15) is 66.0 Å². The SMILES string of the molecule is CCSC1SCC2CN(C)C3(CC3C)C(=O)OCC(NC(=O)c3nc4ccccc4cc3O)C(=O)NC(C)C(=O)N(C)C1C(=O)N(C)C1(CC1C)C(=O)OCC(NC(=O)c1nc3ccccc3cc1O)C(=O)NC(C)C(=O)N2C. The molecule has 6 N–H and O–H groups in total. The second-order valence-corrected chi connectivity index (χ2v) is 23.7. The highest BCUT2D eigenvalue weighted by Crippen LogP contribution is 2.51. The maximum Gasteiger partial charge on any atom is 0.332 e. The number of aromatic nitrogens is 2. The summed E-state index contributed by atoms with van der Waals surface area (Å²) in [5, 5.41) is 33.2. The van der Waals surface area contributed by atoms with E-state index in [-0.39, 0.29) is 24.6 Å². The number of hydrogen-bond acceptors (Lipinski definition) is 18. The minimum atomic E-state index is -1.67. The number of cyclic esters (lactones) is 2. The van der Waals surface area contributed by atoms with Gasteiger partial charge in [-0.1, -0.05) is 57.2 Å². The zero-order valence-corrected chi connectivity index (χ0v) is 46.9. The molecule has 4 heterocycles. The number of nitrogens with zero attached hydrogens (tertiary/aromatic N) is 6. The summed E-state index contributed by atoms with van der Waals surface area (Å²) in [4.78, 5) is 145. The molecule has 11 unspecified atom stereocenters. The van der Waals surface area contributed by atoms with Crippen molar-refractivity contribution in [1.29, 1.82) is 0 Å². The number of pyridine rings is 2. The molecule has 2 aliphatic carbocycles. The fourth-order valence-corrected chi connectivity index (χ4v) is 13.6. The van der Waals surface area contributed by atoms with Gasteiger partial charge < -0.3 is 55.7 Å². The first-order valence-electron chi connectivity index (χ1n) is 25.9. The molecule has 11 atom stereocenters. The third kappa shape index (κ3) is 11.5.